The number of halogens is 2. The molecule has 0 aliphatic carbocycles. The number of nitrogens with zero attached hydrogens (tertiary/aromatic N) is 1. The highest BCUT2D eigenvalue weighted by Gasteiger charge is 2.18. The second kappa shape index (κ2) is 4.94. The van der Waals surface area contributed by atoms with Gasteiger partial charge in [-0.1, -0.05) is 0 Å². The molecule has 0 amide bonds. The van der Waals surface area contributed by atoms with Crippen LogP contribution < -0.4 is 4.72 Å². The van der Waals surface area contributed by atoms with Gasteiger partial charge in [0.1, 0.15) is 15.8 Å². The molecule has 1 N–H and O–H groups in total. The van der Waals surface area contributed by atoms with Crippen molar-refractivity contribution < 1.29 is 12.8 Å². The Morgan fingerprint density at radius 3 is 2.67 bits per heavy atom. The summed E-state index contributed by atoms with van der Waals surface area (Å²) in [6.07, 6.45) is 0.952. The highest BCUT2D eigenvalue weighted by Crippen LogP contribution is 2.31. The summed E-state index contributed by atoms with van der Waals surface area (Å²) in [7, 11) is -3.67. The third kappa shape index (κ3) is 2.88. The van der Waals surface area contributed by atoms with E-state index in [1.807, 2.05) is 0 Å². The summed E-state index contributed by atoms with van der Waals surface area (Å²) >= 11 is 4.37. The van der Waals surface area contributed by atoms with E-state index in [4.69, 9.17) is 0 Å². The molecule has 0 aromatic carbocycles. The summed E-state index contributed by atoms with van der Waals surface area (Å²) in [4.78, 5) is 3.65. The molecule has 2 rings (SSSR count). The maximum absolute atomic E-state index is 12.7. The van der Waals surface area contributed by atoms with Crippen molar-refractivity contribution in [3.63, 3.8) is 0 Å². The van der Waals surface area contributed by atoms with Crippen molar-refractivity contribution in [3.05, 3.63) is 39.6 Å². The predicted molar refractivity (Wildman–Crippen MR) is 71.8 cm³/mol. The van der Waals surface area contributed by atoms with Crippen molar-refractivity contribution in [2.24, 2.45) is 0 Å². The monoisotopic (exact) mass is 350 g/mol. The summed E-state index contributed by atoms with van der Waals surface area (Å²) in [5, 5.41) is 0. The van der Waals surface area contributed by atoms with Gasteiger partial charge in [0.15, 0.2) is 0 Å². The molecule has 18 heavy (non-hydrogen) atoms. The Bertz CT molecular complexity index is 648. The zero-order valence-corrected chi connectivity index (χ0v) is 12.4. The molecule has 0 unspecified atom stereocenters. The van der Waals surface area contributed by atoms with E-state index in [1.165, 1.54) is 6.07 Å². The van der Waals surface area contributed by atoms with Crippen LogP contribution in [0.3, 0.4) is 0 Å². The van der Waals surface area contributed by atoms with E-state index in [-0.39, 0.29) is 10.0 Å². The molecule has 2 heterocycles. The number of rotatable bonds is 3. The normalized spacial score (nSPS) is 11.5. The van der Waals surface area contributed by atoms with E-state index in [0.717, 1.165) is 32.9 Å². The minimum atomic E-state index is -3.67. The van der Waals surface area contributed by atoms with Gasteiger partial charge in [0.2, 0.25) is 0 Å². The van der Waals surface area contributed by atoms with Gasteiger partial charge in [0.25, 0.3) is 10.0 Å². The van der Waals surface area contributed by atoms with Crippen molar-refractivity contribution in [2.75, 3.05) is 4.72 Å². The SMILES string of the molecule is Cc1cc(S(=O)(=O)Nc2ccc(F)cn2)sc1Br. The number of thiophene rings is 1. The Morgan fingerprint density at radius 2 is 2.17 bits per heavy atom. The lowest BCUT2D eigenvalue weighted by Crippen LogP contribution is -2.12. The standard InChI is InChI=1S/C10H8BrFN2O2S2/c1-6-4-9(17-10(6)11)18(15,16)14-8-3-2-7(12)5-13-8/h2-5H,1H3,(H,13,14). The average Bonchev–Trinajstić information content (AvgIpc) is 2.63. The lowest BCUT2D eigenvalue weighted by molar-refractivity contribution is 0.602. The largest absolute Gasteiger partial charge is 0.272 e. The highest BCUT2D eigenvalue weighted by atomic mass is 79.9. The minimum absolute atomic E-state index is 0.0820. The molecular formula is C10H8BrFN2O2S2. The molecule has 8 heteroatoms. The fourth-order valence-electron chi connectivity index (χ4n) is 1.19. The molecule has 96 valence electrons. The van der Waals surface area contributed by atoms with E-state index < -0.39 is 15.8 Å². The van der Waals surface area contributed by atoms with E-state index in [2.05, 4.69) is 25.6 Å². The summed E-state index contributed by atoms with van der Waals surface area (Å²) in [5.74, 6) is -0.439. The Kier molecular flexibility index (Phi) is 3.69. The van der Waals surface area contributed by atoms with Crippen molar-refractivity contribution in [1.82, 2.24) is 4.98 Å². The lowest BCUT2D eigenvalue weighted by Gasteiger charge is -2.04. The van der Waals surface area contributed by atoms with Gasteiger partial charge in [0, 0.05) is 0 Å². The van der Waals surface area contributed by atoms with Crippen LogP contribution in [0.5, 0.6) is 0 Å². The molecule has 0 radical (unpaired) electrons. The molecule has 0 atom stereocenters. The number of nitrogens with one attached hydrogen (secondary N) is 1. The molecule has 2 aromatic rings. The van der Waals surface area contributed by atoms with Gasteiger partial charge >= 0.3 is 0 Å². The number of aryl methyl sites for hydroxylation is 1. The highest BCUT2D eigenvalue weighted by molar-refractivity contribution is 9.11. The topological polar surface area (TPSA) is 59.1 Å². The molecule has 0 saturated carbocycles. The average molecular weight is 351 g/mol. The van der Waals surface area contributed by atoms with Gasteiger partial charge < -0.3 is 0 Å². The van der Waals surface area contributed by atoms with Gasteiger partial charge in [-0.2, -0.15) is 0 Å². The smallest absolute Gasteiger partial charge is 0.263 e. The molecule has 0 bridgehead atoms. The maximum Gasteiger partial charge on any atom is 0.272 e. The Labute approximate surface area is 116 Å². The third-order valence-corrected chi connectivity index (χ3v) is 6.03. The van der Waals surface area contributed by atoms with Gasteiger partial charge in [-0.15, -0.1) is 11.3 Å². The van der Waals surface area contributed by atoms with E-state index in [0.29, 0.717) is 0 Å². The van der Waals surface area contributed by atoms with E-state index in [9.17, 15) is 12.8 Å². The number of hydrogen-bond donors (Lipinski definition) is 1. The predicted octanol–water partition coefficient (Wildman–Crippen LogP) is 3.15. The number of aromatic nitrogens is 1. The van der Waals surface area contributed by atoms with Crippen LogP contribution in [0.4, 0.5) is 10.2 Å². The summed E-state index contributed by atoms with van der Waals surface area (Å²) in [6.45, 7) is 1.80. The second-order valence-corrected chi connectivity index (χ2v) is 7.77. The Morgan fingerprint density at radius 1 is 1.44 bits per heavy atom. The molecule has 0 fully saturated rings. The third-order valence-electron chi connectivity index (χ3n) is 2.07. The van der Waals surface area contributed by atoms with Crippen molar-refractivity contribution in [1.29, 1.82) is 0 Å². The number of hydrogen-bond acceptors (Lipinski definition) is 4. The second-order valence-electron chi connectivity index (χ2n) is 3.49. The molecular weight excluding hydrogens is 343 g/mol. The minimum Gasteiger partial charge on any atom is -0.263 e. The van der Waals surface area contributed by atoms with Crippen LogP contribution in [0.25, 0.3) is 0 Å². The van der Waals surface area contributed by atoms with Crippen LogP contribution in [0, 0.1) is 12.7 Å². The van der Waals surface area contributed by atoms with Gasteiger partial charge in [-0.05, 0) is 46.6 Å². The molecule has 0 saturated heterocycles. The first-order valence-electron chi connectivity index (χ1n) is 4.79. The van der Waals surface area contributed by atoms with Crippen LogP contribution in [0.2, 0.25) is 0 Å². The lowest BCUT2D eigenvalue weighted by atomic mass is 10.4. The summed E-state index contributed by atoms with van der Waals surface area (Å²) in [5.41, 5.74) is 0.840. The van der Waals surface area contributed by atoms with Crippen molar-refractivity contribution in [3.8, 4) is 0 Å². The van der Waals surface area contributed by atoms with Crippen LogP contribution in [0.1, 0.15) is 5.56 Å². The van der Waals surface area contributed by atoms with E-state index >= 15 is 0 Å². The molecule has 0 spiro atoms. The summed E-state index contributed by atoms with van der Waals surface area (Å²) < 4.78 is 39.9. The van der Waals surface area contributed by atoms with Crippen LogP contribution in [-0.4, -0.2) is 13.4 Å². The fourth-order valence-corrected chi connectivity index (χ4v) is 4.42. The first-order chi connectivity index (χ1) is 8.38. The number of anilines is 1. The first kappa shape index (κ1) is 13.4. The molecule has 4 nitrogen and oxygen atoms in total. The molecule has 0 aliphatic rings. The summed E-state index contributed by atoms with van der Waals surface area (Å²) in [6, 6.07) is 3.96. The van der Waals surface area contributed by atoms with E-state index in [1.54, 1.807) is 13.0 Å². The maximum atomic E-state index is 12.7. The Balaban J connectivity index is 2.29. The zero-order valence-electron chi connectivity index (χ0n) is 9.15. The van der Waals surface area contributed by atoms with Crippen molar-refractivity contribution >= 4 is 43.1 Å². The van der Waals surface area contributed by atoms with Gasteiger partial charge in [-0.25, -0.2) is 17.8 Å². The zero-order chi connectivity index (χ0) is 13.3. The van der Waals surface area contributed by atoms with Crippen LogP contribution >= 0.6 is 27.3 Å². The van der Waals surface area contributed by atoms with Crippen LogP contribution in [0.15, 0.2) is 32.4 Å². The molecule has 0 aliphatic heterocycles. The Hall–Kier alpha value is -0.990. The van der Waals surface area contributed by atoms with Crippen LogP contribution in [-0.2, 0) is 10.0 Å². The van der Waals surface area contributed by atoms with Crippen molar-refractivity contribution in [2.45, 2.75) is 11.1 Å². The number of pyridine rings is 1. The van der Waals surface area contributed by atoms with Gasteiger partial charge in [0.05, 0.1) is 9.98 Å². The van der Waals surface area contributed by atoms with Gasteiger partial charge in [-0.3, -0.25) is 4.72 Å². The fraction of sp³-hybridized carbons (Fsp3) is 0.100. The quantitative estimate of drug-likeness (QED) is 0.924. The number of sulfonamides is 1. The molecule has 2 aromatic heterocycles. The first-order valence-corrected chi connectivity index (χ1v) is 7.88.